The van der Waals surface area contributed by atoms with Crippen LogP contribution in [0.1, 0.15) is 12.3 Å². The highest BCUT2D eigenvalue weighted by Gasteiger charge is 2.18. The Kier molecular flexibility index (Phi) is 6.04. The second-order valence-corrected chi connectivity index (χ2v) is 7.35. The topological polar surface area (TPSA) is 74.5 Å². The van der Waals surface area contributed by atoms with Gasteiger partial charge in [-0.3, -0.25) is 4.79 Å². The molecule has 0 radical (unpaired) electrons. The van der Waals surface area contributed by atoms with E-state index in [1.165, 1.54) is 6.07 Å². The first-order valence-electron chi connectivity index (χ1n) is 10.00. The molecule has 0 saturated carbocycles. The van der Waals surface area contributed by atoms with Gasteiger partial charge in [0.2, 0.25) is 17.6 Å². The maximum atomic E-state index is 13.9. The summed E-state index contributed by atoms with van der Waals surface area (Å²) in [5.41, 5.74) is 2.10. The van der Waals surface area contributed by atoms with E-state index in [0.717, 1.165) is 37.6 Å². The number of aryl methyl sites for hydroxylation is 1. The molecule has 0 unspecified atom stereocenters. The molecule has 1 amide bonds. The third-order valence-corrected chi connectivity index (χ3v) is 5.17. The van der Waals surface area contributed by atoms with E-state index in [-0.39, 0.29) is 30.1 Å². The number of carbonyl (C=O) groups is 1. The van der Waals surface area contributed by atoms with E-state index in [1.54, 1.807) is 18.2 Å². The summed E-state index contributed by atoms with van der Waals surface area (Å²) in [4.78, 5) is 21.3. The number of amides is 1. The molecule has 30 heavy (non-hydrogen) atoms. The van der Waals surface area contributed by atoms with Crippen LogP contribution < -0.4 is 10.2 Å². The Balaban J connectivity index is 1.37. The highest BCUT2D eigenvalue weighted by Crippen LogP contribution is 2.27. The first-order valence-corrected chi connectivity index (χ1v) is 10.00. The Morgan fingerprint density at radius 1 is 1.10 bits per heavy atom. The van der Waals surface area contributed by atoms with Gasteiger partial charge in [-0.1, -0.05) is 29.4 Å². The number of para-hydroxylation sites is 2. The number of benzene rings is 2. The van der Waals surface area contributed by atoms with E-state index in [9.17, 15) is 9.18 Å². The molecule has 4 rings (SSSR count). The predicted molar refractivity (Wildman–Crippen MR) is 113 cm³/mol. The normalized spacial score (nSPS) is 14.7. The Morgan fingerprint density at radius 2 is 1.83 bits per heavy atom. The third kappa shape index (κ3) is 4.65. The lowest BCUT2D eigenvalue weighted by atomic mass is 10.2. The van der Waals surface area contributed by atoms with Gasteiger partial charge in [-0.2, -0.15) is 4.98 Å². The number of hydrogen-bond acceptors (Lipinski definition) is 6. The quantitative estimate of drug-likeness (QED) is 0.674. The molecule has 8 heteroatoms. The van der Waals surface area contributed by atoms with Gasteiger partial charge in [0.25, 0.3) is 0 Å². The standard InChI is InChI=1S/C22H24FN5O2/c1-27-12-14-28(15-13-27)19-9-5-4-8-18(19)24-20(29)10-11-21-25-22(26-30-21)16-6-2-3-7-17(16)23/h2-9H,10-15H2,1H3,(H,24,29). The SMILES string of the molecule is CN1CCN(c2ccccc2NC(=O)CCc2nc(-c3ccccc3F)no2)CC1. The van der Waals surface area contributed by atoms with Gasteiger partial charge < -0.3 is 19.6 Å². The van der Waals surface area contributed by atoms with Crippen LogP contribution >= 0.6 is 0 Å². The van der Waals surface area contributed by atoms with E-state index >= 15 is 0 Å². The molecule has 1 aromatic heterocycles. The van der Waals surface area contributed by atoms with E-state index in [1.807, 2.05) is 24.3 Å². The zero-order chi connectivity index (χ0) is 20.9. The Labute approximate surface area is 174 Å². The molecular formula is C22H24FN5O2. The molecular weight excluding hydrogens is 385 g/mol. The smallest absolute Gasteiger partial charge is 0.227 e. The second kappa shape index (κ2) is 9.04. The van der Waals surface area contributed by atoms with Crippen LogP contribution in [-0.4, -0.2) is 54.2 Å². The molecule has 0 spiro atoms. The number of likely N-dealkylation sites (N-methyl/N-ethyl adjacent to an activating group) is 1. The van der Waals surface area contributed by atoms with Gasteiger partial charge in [0, 0.05) is 39.0 Å². The summed E-state index contributed by atoms with van der Waals surface area (Å²) in [6, 6.07) is 14.1. The Morgan fingerprint density at radius 3 is 2.63 bits per heavy atom. The van der Waals surface area contributed by atoms with Gasteiger partial charge in [0.15, 0.2) is 0 Å². The second-order valence-electron chi connectivity index (χ2n) is 7.35. The van der Waals surface area contributed by atoms with E-state index in [2.05, 4.69) is 32.3 Å². The maximum absolute atomic E-state index is 13.9. The van der Waals surface area contributed by atoms with Crippen molar-refractivity contribution in [1.29, 1.82) is 0 Å². The van der Waals surface area contributed by atoms with Crippen LogP contribution in [0, 0.1) is 5.82 Å². The summed E-state index contributed by atoms with van der Waals surface area (Å²) in [5, 5.41) is 6.81. The van der Waals surface area contributed by atoms with Crippen molar-refractivity contribution in [2.75, 3.05) is 43.4 Å². The minimum Gasteiger partial charge on any atom is -0.367 e. The van der Waals surface area contributed by atoms with Crippen LogP contribution in [0.4, 0.5) is 15.8 Å². The molecule has 1 aliphatic heterocycles. The lowest BCUT2D eigenvalue weighted by molar-refractivity contribution is -0.116. The zero-order valence-electron chi connectivity index (χ0n) is 16.8. The van der Waals surface area contributed by atoms with Crippen molar-refractivity contribution in [2.24, 2.45) is 0 Å². The van der Waals surface area contributed by atoms with Crippen molar-refractivity contribution in [1.82, 2.24) is 15.0 Å². The van der Waals surface area contributed by atoms with Crippen molar-refractivity contribution in [3.05, 3.63) is 60.2 Å². The molecule has 1 aliphatic rings. The van der Waals surface area contributed by atoms with E-state index in [0.29, 0.717) is 5.89 Å². The van der Waals surface area contributed by atoms with Crippen LogP contribution in [0.2, 0.25) is 0 Å². The van der Waals surface area contributed by atoms with Crippen molar-refractivity contribution >= 4 is 17.3 Å². The molecule has 1 N–H and O–H groups in total. The number of hydrogen-bond donors (Lipinski definition) is 1. The summed E-state index contributed by atoms with van der Waals surface area (Å²) in [7, 11) is 2.11. The molecule has 1 saturated heterocycles. The number of piperazine rings is 1. The summed E-state index contributed by atoms with van der Waals surface area (Å²) in [5.74, 6) is -0.0648. The number of carbonyl (C=O) groups excluding carboxylic acids is 1. The number of nitrogens with zero attached hydrogens (tertiary/aromatic N) is 4. The minimum atomic E-state index is -0.414. The fourth-order valence-corrected chi connectivity index (χ4v) is 3.44. The first-order chi connectivity index (χ1) is 14.6. The van der Waals surface area contributed by atoms with Crippen LogP contribution in [0.25, 0.3) is 11.4 Å². The molecule has 0 atom stereocenters. The maximum Gasteiger partial charge on any atom is 0.227 e. The van der Waals surface area contributed by atoms with Crippen LogP contribution in [0.5, 0.6) is 0 Å². The zero-order valence-corrected chi connectivity index (χ0v) is 16.8. The number of halogens is 1. The van der Waals surface area contributed by atoms with E-state index < -0.39 is 5.82 Å². The number of anilines is 2. The Bertz CT molecular complexity index is 1010. The monoisotopic (exact) mass is 409 g/mol. The molecule has 156 valence electrons. The van der Waals surface area contributed by atoms with Crippen molar-refractivity contribution in [3.8, 4) is 11.4 Å². The van der Waals surface area contributed by atoms with Gasteiger partial charge in [0.1, 0.15) is 5.82 Å². The molecule has 0 bridgehead atoms. The number of rotatable bonds is 6. The summed E-state index contributed by atoms with van der Waals surface area (Å²) < 4.78 is 19.0. The summed E-state index contributed by atoms with van der Waals surface area (Å²) in [6.45, 7) is 3.82. The largest absolute Gasteiger partial charge is 0.367 e. The fourth-order valence-electron chi connectivity index (χ4n) is 3.44. The average molecular weight is 409 g/mol. The molecule has 0 aliphatic carbocycles. The van der Waals surface area contributed by atoms with Gasteiger partial charge in [-0.15, -0.1) is 0 Å². The van der Waals surface area contributed by atoms with Crippen LogP contribution in [-0.2, 0) is 11.2 Å². The van der Waals surface area contributed by atoms with Gasteiger partial charge in [-0.25, -0.2) is 4.39 Å². The first kappa shape index (κ1) is 20.0. The Hall–Kier alpha value is -3.26. The fraction of sp³-hybridized carbons (Fsp3) is 0.318. The van der Waals surface area contributed by atoms with Crippen molar-refractivity contribution in [3.63, 3.8) is 0 Å². The minimum absolute atomic E-state index is 0.137. The lowest BCUT2D eigenvalue weighted by Gasteiger charge is -2.35. The third-order valence-electron chi connectivity index (χ3n) is 5.17. The predicted octanol–water partition coefficient (Wildman–Crippen LogP) is 3.20. The van der Waals surface area contributed by atoms with E-state index in [4.69, 9.17) is 4.52 Å². The van der Waals surface area contributed by atoms with Gasteiger partial charge in [0.05, 0.1) is 16.9 Å². The highest BCUT2D eigenvalue weighted by molar-refractivity contribution is 5.94. The van der Waals surface area contributed by atoms with Gasteiger partial charge >= 0.3 is 0 Å². The van der Waals surface area contributed by atoms with Crippen molar-refractivity contribution < 1.29 is 13.7 Å². The average Bonchev–Trinajstić information content (AvgIpc) is 3.23. The summed E-state index contributed by atoms with van der Waals surface area (Å²) >= 11 is 0. The molecule has 2 heterocycles. The van der Waals surface area contributed by atoms with Crippen LogP contribution in [0.3, 0.4) is 0 Å². The molecule has 2 aromatic carbocycles. The molecule has 1 fully saturated rings. The number of nitrogens with one attached hydrogen (secondary N) is 1. The molecule has 7 nitrogen and oxygen atoms in total. The lowest BCUT2D eigenvalue weighted by Crippen LogP contribution is -2.44. The highest BCUT2D eigenvalue weighted by atomic mass is 19.1. The van der Waals surface area contributed by atoms with Crippen LogP contribution in [0.15, 0.2) is 53.1 Å². The van der Waals surface area contributed by atoms with Crippen molar-refractivity contribution in [2.45, 2.75) is 12.8 Å². The summed E-state index contributed by atoms with van der Waals surface area (Å²) in [6.07, 6.45) is 0.472. The number of aromatic nitrogens is 2. The molecule has 3 aromatic rings. The van der Waals surface area contributed by atoms with Gasteiger partial charge in [-0.05, 0) is 31.3 Å².